The first-order chi connectivity index (χ1) is 4.66. The maximum atomic E-state index is 10.5. The Labute approximate surface area is 61.7 Å². The largest absolute Gasteiger partial charge is 0.300 e. The SMILES string of the molecule is CN=C/C(C)=C\CC(C)=O. The Balaban J connectivity index is 3.80. The van der Waals surface area contributed by atoms with Gasteiger partial charge in [0, 0.05) is 19.7 Å². The summed E-state index contributed by atoms with van der Waals surface area (Å²) < 4.78 is 0. The fraction of sp³-hybridized carbons (Fsp3) is 0.500. The molecule has 0 aromatic rings. The second kappa shape index (κ2) is 4.91. The van der Waals surface area contributed by atoms with Gasteiger partial charge in [0.15, 0.2) is 0 Å². The van der Waals surface area contributed by atoms with Crippen molar-refractivity contribution >= 4 is 12.0 Å². The highest BCUT2D eigenvalue weighted by molar-refractivity contribution is 5.81. The smallest absolute Gasteiger partial charge is 0.133 e. The Bertz CT molecular complexity index is 168. The van der Waals surface area contributed by atoms with E-state index in [1.54, 1.807) is 20.2 Å². The summed E-state index contributed by atoms with van der Waals surface area (Å²) in [6.07, 6.45) is 4.12. The third-order valence-corrected chi connectivity index (χ3v) is 1.04. The average Bonchev–Trinajstić information content (AvgIpc) is 1.85. The minimum absolute atomic E-state index is 0.184. The van der Waals surface area contributed by atoms with Crippen molar-refractivity contribution in [3.63, 3.8) is 0 Å². The van der Waals surface area contributed by atoms with Gasteiger partial charge >= 0.3 is 0 Å². The molecule has 0 atom stereocenters. The monoisotopic (exact) mass is 139 g/mol. The highest BCUT2D eigenvalue weighted by Crippen LogP contribution is 1.91. The van der Waals surface area contributed by atoms with Crippen LogP contribution in [0.15, 0.2) is 16.6 Å². The van der Waals surface area contributed by atoms with E-state index in [-0.39, 0.29) is 5.78 Å². The van der Waals surface area contributed by atoms with Crippen molar-refractivity contribution in [2.24, 2.45) is 4.99 Å². The van der Waals surface area contributed by atoms with E-state index in [1.807, 2.05) is 13.0 Å². The number of Topliss-reactive ketones (excluding diaryl/α,β-unsaturated/α-hetero) is 1. The molecule has 0 heterocycles. The molecule has 2 heteroatoms. The van der Waals surface area contributed by atoms with Crippen LogP contribution in [0.2, 0.25) is 0 Å². The minimum atomic E-state index is 0.184. The van der Waals surface area contributed by atoms with Crippen molar-refractivity contribution in [1.82, 2.24) is 0 Å². The van der Waals surface area contributed by atoms with E-state index >= 15 is 0 Å². The molecule has 0 radical (unpaired) electrons. The minimum Gasteiger partial charge on any atom is -0.300 e. The lowest BCUT2D eigenvalue weighted by atomic mass is 10.2. The van der Waals surface area contributed by atoms with Crippen LogP contribution in [0.5, 0.6) is 0 Å². The molecule has 56 valence electrons. The molecule has 0 saturated heterocycles. The molecule has 2 nitrogen and oxygen atoms in total. The number of aliphatic imine (C=N–C) groups is 1. The zero-order valence-electron chi connectivity index (χ0n) is 6.72. The molecule has 0 aliphatic carbocycles. The third-order valence-electron chi connectivity index (χ3n) is 1.04. The van der Waals surface area contributed by atoms with Crippen LogP contribution >= 0.6 is 0 Å². The van der Waals surface area contributed by atoms with Crippen molar-refractivity contribution in [2.45, 2.75) is 20.3 Å². The van der Waals surface area contributed by atoms with Gasteiger partial charge in [0.25, 0.3) is 0 Å². The Hall–Kier alpha value is -0.920. The quantitative estimate of drug-likeness (QED) is 0.546. The maximum Gasteiger partial charge on any atom is 0.133 e. The van der Waals surface area contributed by atoms with Gasteiger partial charge in [-0.25, -0.2) is 0 Å². The fourth-order valence-corrected chi connectivity index (χ4v) is 0.561. The summed E-state index contributed by atoms with van der Waals surface area (Å²) in [5.74, 6) is 0.184. The predicted molar refractivity (Wildman–Crippen MR) is 43.5 cm³/mol. The van der Waals surface area contributed by atoms with E-state index in [0.29, 0.717) is 6.42 Å². The van der Waals surface area contributed by atoms with Gasteiger partial charge < -0.3 is 0 Å². The molecule has 0 aliphatic heterocycles. The van der Waals surface area contributed by atoms with Crippen molar-refractivity contribution in [3.8, 4) is 0 Å². The molecule has 0 saturated carbocycles. The molecule has 0 rings (SSSR count). The number of carbonyl (C=O) groups excluding carboxylic acids is 1. The lowest BCUT2D eigenvalue weighted by molar-refractivity contribution is -0.116. The fourth-order valence-electron chi connectivity index (χ4n) is 0.561. The maximum absolute atomic E-state index is 10.5. The molecule has 0 aliphatic rings. The number of nitrogens with zero attached hydrogens (tertiary/aromatic N) is 1. The number of carbonyl (C=O) groups is 1. The zero-order chi connectivity index (χ0) is 7.98. The van der Waals surface area contributed by atoms with Gasteiger partial charge in [0.05, 0.1) is 0 Å². The van der Waals surface area contributed by atoms with Crippen LogP contribution in [0.25, 0.3) is 0 Å². The van der Waals surface area contributed by atoms with Crippen molar-refractivity contribution in [1.29, 1.82) is 0 Å². The Morgan fingerprint density at radius 1 is 1.50 bits per heavy atom. The normalized spacial score (nSPS) is 12.5. The number of hydrogen-bond acceptors (Lipinski definition) is 2. The van der Waals surface area contributed by atoms with Crippen LogP contribution in [0.1, 0.15) is 20.3 Å². The average molecular weight is 139 g/mol. The predicted octanol–water partition coefficient (Wildman–Crippen LogP) is 1.61. The lowest BCUT2D eigenvalue weighted by Crippen LogP contribution is -1.86. The lowest BCUT2D eigenvalue weighted by Gasteiger charge is -1.88. The van der Waals surface area contributed by atoms with Crippen molar-refractivity contribution in [2.75, 3.05) is 7.05 Å². The summed E-state index contributed by atoms with van der Waals surface area (Å²) in [5, 5.41) is 0. The second-order valence-corrected chi connectivity index (χ2v) is 2.24. The summed E-state index contributed by atoms with van der Waals surface area (Å²) in [7, 11) is 1.71. The van der Waals surface area contributed by atoms with Gasteiger partial charge in [0.2, 0.25) is 0 Å². The van der Waals surface area contributed by atoms with Gasteiger partial charge in [0.1, 0.15) is 5.78 Å². The van der Waals surface area contributed by atoms with Crippen molar-refractivity contribution < 1.29 is 4.79 Å². The Morgan fingerprint density at radius 3 is 2.50 bits per heavy atom. The number of ketones is 1. The standard InChI is InChI=1S/C8H13NO/c1-7(6-9-3)4-5-8(2)10/h4,6H,5H2,1-3H3/b7-4-,9-6?. The zero-order valence-corrected chi connectivity index (χ0v) is 6.72. The second-order valence-electron chi connectivity index (χ2n) is 2.24. The molecule has 0 fully saturated rings. The van der Waals surface area contributed by atoms with Crippen LogP contribution in [0.4, 0.5) is 0 Å². The van der Waals surface area contributed by atoms with Crippen molar-refractivity contribution in [3.05, 3.63) is 11.6 Å². The van der Waals surface area contributed by atoms with Crippen LogP contribution in [-0.2, 0) is 4.79 Å². The summed E-state index contributed by atoms with van der Waals surface area (Å²) in [5.41, 5.74) is 1.04. The molecule has 0 unspecified atom stereocenters. The van der Waals surface area contributed by atoms with E-state index in [4.69, 9.17) is 0 Å². The molecule has 0 N–H and O–H groups in total. The van der Waals surface area contributed by atoms with Crippen LogP contribution < -0.4 is 0 Å². The van der Waals surface area contributed by atoms with Gasteiger partial charge in [-0.2, -0.15) is 0 Å². The topological polar surface area (TPSA) is 29.4 Å². The van der Waals surface area contributed by atoms with E-state index in [1.165, 1.54) is 0 Å². The molecule has 0 spiro atoms. The Kier molecular flexibility index (Phi) is 4.46. The van der Waals surface area contributed by atoms with Crippen LogP contribution in [0.3, 0.4) is 0 Å². The highest BCUT2D eigenvalue weighted by Gasteiger charge is 1.87. The molecule has 0 bridgehead atoms. The first kappa shape index (κ1) is 9.08. The van der Waals surface area contributed by atoms with Gasteiger partial charge in [-0.3, -0.25) is 9.79 Å². The first-order valence-electron chi connectivity index (χ1n) is 3.25. The molecular weight excluding hydrogens is 126 g/mol. The molecule has 0 amide bonds. The molecule has 10 heavy (non-hydrogen) atoms. The number of rotatable bonds is 3. The summed E-state index contributed by atoms with van der Waals surface area (Å²) in [6, 6.07) is 0. The third kappa shape index (κ3) is 5.22. The summed E-state index contributed by atoms with van der Waals surface area (Å²) in [4.78, 5) is 14.3. The summed E-state index contributed by atoms with van der Waals surface area (Å²) in [6.45, 7) is 3.50. The number of allylic oxidation sites excluding steroid dienone is 2. The van der Waals surface area contributed by atoms with Gasteiger partial charge in [-0.15, -0.1) is 0 Å². The van der Waals surface area contributed by atoms with E-state index in [2.05, 4.69) is 4.99 Å². The Morgan fingerprint density at radius 2 is 2.10 bits per heavy atom. The van der Waals surface area contributed by atoms with Crippen LogP contribution in [-0.4, -0.2) is 19.0 Å². The molecule has 0 aromatic heterocycles. The molecule has 0 aromatic carbocycles. The molecular formula is C8H13NO. The van der Waals surface area contributed by atoms with E-state index in [0.717, 1.165) is 5.57 Å². The van der Waals surface area contributed by atoms with Gasteiger partial charge in [-0.1, -0.05) is 6.08 Å². The first-order valence-corrected chi connectivity index (χ1v) is 3.25. The summed E-state index contributed by atoms with van der Waals surface area (Å²) >= 11 is 0. The number of hydrogen-bond donors (Lipinski definition) is 0. The highest BCUT2D eigenvalue weighted by atomic mass is 16.1. The van der Waals surface area contributed by atoms with E-state index < -0.39 is 0 Å². The van der Waals surface area contributed by atoms with Crippen LogP contribution in [0, 0.1) is 0 Å². The van der Waals surface area contributed by atoms with E-state index in [9.17, 15) is 4.79 Å². The van der Waals surface area contributed by atoms with Gasteiger partial charge in [-0.05, 0) is 19.4 Å².